The van der Waals surface area contributed by atoms with Crippen LogP contribution in [0.25, 0.3) is 0 Å². The molecule has 8 heteroatoms. The highest BCUT2D eigenvalue weighted by atomic mass is 19.4. The van der Waals surface area contributed by atoms with Gasteiger partial charge in [-0.15, -0.1) is 0 Å². The number of carbonyl (C=O) groups is 2. The lowest BCUT2D eigenvalue weighted by atomic mass is 10.2. The van der Waals surface area contributed by atoms with Crippen LogP contribution in [-0.2, 0) is 0 Å². The minimum absolute atomic E-state index is 0.0225. The van der Waals surface area contributed by atoms with Gasteiger partial charge in [0.1, 0.15) is 5.56 Å². The number of rotatable bonds is 6. The molecular formula is C11H12F3NO4. The topological polar surface area (TPSA) is 79.5 Å². The van der Waals surface area contributed by atoms with Crippen molar-refractivity contribution in [3.63, 3.8) is 0 Å². The zero-order chi connectivity index (χ0) is 14.5. The molecule has 0 spiro atoms. The van der Waals surface area contributed by atoms with Gasteiger partial charge in [-0.1, -0.05) is 0 Å². The first kappa shape index (κ1) is 15.1. The number of amides is 1. The van der Waals surface area contributed by atoms with Gasteiger partial charge in [0, 0.05) is 13.0 Å². The Bertz CT molecular complexity index is 453. The lowest BCUT2D eigenvalue weighted by Crippen LogP contribution is -2.25. The summed E-state index contributed by atoms with van der Waals surface area (Å²) in [7, 11) is 0. The van der Waals surface area contributed by atoms with Crippen LogP contribution < -0.4 is 5.32 Å². The summed E-state index contributed by atoms with van der Waals surface area (Å²) in [4.78, 5) is 22.2. The number of alkyl halides is 3. The lowest BCUT2D eigenvalue weighted by Gasteiger charge is -2.06. The molecule has 0 radical (unpaired) electrons. The van der Waals surface area contributed by atoms with Crippen LogP contribution in [0.4, 0.5) is 13.2 Å². The van der Waals surface area contributed by atoms with E-state index in [0.29, 0.717) is 0 Å². The second-order valence-corrected chi connectivity index (χ2v) is 3.80. The molecule has 1 rings (SSSR count). The van der Waals surface area contributed by atoms with Crippen molar-refractivity contribution in [1.82, 2.24) is 5.32 Å². The van der Waals surface area contributed by atoms with Crippen molar-refractivity contribution in [2.75, 3.05) is 6.54 Å². The fourth-order valence-corrected chi connectivity index (χ4v) is 1.39. The largest absolute Gasteiger partial charge is 0.478 e. The summed E-state index contributed by atoms with van der Waals surface area (Å²) in [6.07, 6.45) is -4.02. The molecule has 0 bridgehead atoms. The number of aromatic carboxylic acids is 1. The van der Waals surface area contributed by atoms with Crippen LogP contribution in [-0.4, -0.2) is 29.7 Å². The van der Waals surface area contributed by atoms with Crippen LogP contribution in [0.2, 0.25) is 0 Å². The molecule has 0 fully saturated rings. The number of nitrogens with one attached hydrogen (secondary N) is 1. The molecular weight excluding hydrogens is 267 g/mol. The van der Waals surface area contributed by atoms with Crippen LogP contribution in [0.1, 0.15) is 40.2 Å². The second kappa shape index (κ2) is 6.26. The van der Waals surface area contributed by atoms with E-state index in [9.17, 15) is 22.8 Å². The van der Waals surface area contributed by atoms with Crippen LogP contribution >= 0.6 is 0 Å². The standard InChI is InChI=1S/C11H12F3NO4/c12-11(13,14)4-1-2-5-15-9(16)8-7(10(17)18)3-6-19-8/h3,6H,1-2,4-5H2,(H,15,16)(H,17,18). The van der Waals surface area contributed by atoms with Crippen molar-refractivity contribution >= 4 is 11.9 Å². The van der Waals surface area contributed by atoms with E-state index < -0.39 is 24.5 Å². The Morgan fingerprint density at radius 1 is 1.32 bits per heavy atom. The van der Waals surface area contributed by atoms with Gasteiger partial charge in [-0.2, -0.15) is 13.2 Å². The molecule has 0 aromatic carbocycles. The van der Waals surface area contributed by atoms with Gasteiger partial charge >= 0.3 is 12.1 Å². The fraction of sp³-hybridized carbons (Fsp3) is 0.455. The van der Waals surface area contributed by atoms with Crippen molar-refractivity contribution in [3.05, 3.63) is 23.7 Å². The molecule has 19 heavy (non-hydrogen) atoms. The average Bonchev–Trinajstić information content (AvgIpc) is 2.75. The monoisotopic (exact) mass is 279 g/mol. The Balaban J connectivity index is 2.36. The molecule has 1 aromatic rings. The Morgan fingerprint density at radius 2 is 2.00 bits per heavy atom. The van der Waals surface area contributed by atoms with E-state index in [-0.39, 0.29) is 30.7 Å². The minimum atomic E-state index is -4.21. The van der Waals surface area contributed by atoms with E-state index in [0.717, 1.165) is 12.3 Å². The molecule has 0 unspecified atom stereocenters. The summed E-state index contributed by atoms with van der Waals surface area (Å²) in [5.74, 6) is -2.42. The molecule has 5 nitrogen and oxygen atoms in total. The zero-order valence-electron chi connectivity index (χ0n) is 9.79. The number of furan rings is 1. The van der Waals surface area contributed by atoms with Crippen molar-refractivity contribution < 1.29 is 32.3 Å². The van der Waals surface area contributed by atoms with Gasteiger partial charge in [-0.05, 0) is 18.9 Å². The van der Waals surface area contributed by atoms with Gasteiger partial charge in [0.15, 0.2) is 0 Å². The van der Waals surface area contributed by atoms with Gasteiger partial charge in [-0.3, -0.25) is 4.79 Å². The first-order valence-corrected chi connectivity index (χ1v) is 5.47. The first-order valence-electron chi connectivity index (χ1n) is 5.47. The van der Waals surface area contributed by atoms with Gasteiger partial charge < -0.3 is 14.8 Å². The number of carbonyl (C=O) groups excluding carboxylic acids is 1. The first-order chi connectivity index (χ1) is 8.81. The number of unbranched alkanes of at least 4 members (excludes halogenated alkanes) is 1. The van der Waals surface area contributed by atoms with E-state index in [4.69, 9.17) is 9.52 Å². The molecule has 2 N–H and O–H groups in total. The van der Waals surface area contributed by atoms with Crippen LogP contribution in [0.3, 0.4) is 0 Å². The summed E-state index contributed by atoms with van der Waals surface area (Å²) < 4.78 is 40.2. The molecule has 0 aliphatic carbocycles. The summed E-state index contributed by atoms with van der Waals surface area (Å²) in [5.41, 5.74) is -0.284. The van der Waals surface area contributed by atoms with Crippen molar-refractivity contribution in [1.29, 1.82) is 0 Å². The van der Waals surface area contributed by atoms with E-state index in [1.807, 2.05) is 0 Å². The van der Waals surface area contributed by atoms with Gasteiger partial charge in [0.25, 0.3) is 5.91 Å². The third-order valence-corrected chi connectivity index (χ3v) is 2.27. The van der Waals surface area contributed by atoms with E-state index >= 15 is 0 Å². The quantitative estimate of drug-likeness (QED) is 0.784. The maximum atomic E-state index is 11.8. The Morgan fingerprint density at radius 3 is 2.58 bits per heavy atom. The average molecular weight is 279 g/mol. The molecule has 0 saturated carbocycles. The highest BCUT2D eigenvalue weighted by molar-refractivity contribution is 6.02. The SMILES string of the molecule is O=C(O)c1ccoc1C(=O)NCCCCC(F)(F)F. The third-order valence-electron chi connectivity index (χ3n) is 2.27. The highest BCUT2D eigenvalue weighted by Gasteiger charge is 2.26. The predicted molar refractivity (Wildman–Crippen MR) is 57.9 cm³/mol. The fourth-order valence-electron chi connectivity index (χ4n) is 1.39. The Labute approximate surface area is 106 Å². The van der Waals surface area contributed by atoms with E-state index in [1.54, 1.807) is 0 Å². The molecule has 1 heterocycles. The molecule has 0 aliphatic rings. The number of hydrogen-bond donors (Lipinski definition) is 2. The summed E-state index contributed by atoms with van der Waals surface area (Å²) in [6.45, 7) is 0.0225. The molecule has 0 atom stereocenters. The number of halogens is 3. The highest BCUT2D eigenvalue weighted by Crippen LogP contribution is 2.21. The number of carboxylic acid groups (broad SMARTS) is 1. The number of hydrogen-bond acceptors (Lipinski definition) is 3. The number of carboxylic acids is 1. The summed E-state index contributed by atoms with van der Waals surface area (Å²) >= 11 is 0. The van der Waals surface area contributed by atoms with Crippen molar-refractivity contribution in [3.8, 4) is 0 Å². The second-order valence-electron chi connectivity index (χ2n) is 3.80. The van der Waals surface area contributed by atoms with Gasteiger partial charge in [0.2, 0.25) is 5.76 Å². The third kappa shape index (κ3) is 5.02. The molecule has 0 saturated heterocycles. The van der Waals surface area contributed by atoms with Gasteiger partial charge in [-0.25, -0.2) is 4.79 Å². The van der Waals surface area contributed by atoms with Crippen LogP contribution in [0.15, 0.2) is 16.7 Å². The van der Waals surface area contributed by atoms with E-state index in [1.165, 1.54) is 0 Å². The molecule has 1 aromatic heterocycles. The molecule has 106 valence electrons. The lowest BCUT2D eigenvalue weighted by molar-refractivity contribution is -0.135. The van der Waals surface area contributed by atoms with Gasteiger partial charge in [0.05, 0.1) is 6.26 Å². The van der Waals surface area contributed by atoms with E-state index in [2.05, 4.69) is 5.32 Å². The summed E-state index contributed by atoms with van der Waals surface area (Å²) in [6, 6.07) is 1.13. The van der Waals surface area contributed by atoms with Crippen LogP contribution in [0, 0.1) is 0 Å². The maximum Gasteiger partial charge on any atom is 0.389 e. The molecule has 0 aliphatic heterocycles. The Hall–Kier alpha value is -1.99. The smallest absolute Gasteiger partial charge is 0.389 e. The van der Waals surface area contributed by atoms with Crippen molar-refractivity contribution in [2.45, 2.75) is 25.4 Å². The van der Waals surface area contributed by atoms with Crippen molar-refractivity contribution in [2.24, 2.45) is 0 Å². The molecule has 1 amide bonds. The normalized spacial score (nSPS) is 11.3. The summed E-state index contributed by atoms with van der Waals surface area (Å²) in [5, 5.41) is 11.0. The predicted octanol–water partition coefficient (Wildman–Crippen LogP) is 2.44. The zero-order valence-corrected chi connectivity index (χ0v) is 9.79. The van der Waals surface area contributed by atoms with Crippen LogP contribution in [0.5, 0.6) is 0 Å². The minimum Gasteiger partial charge on any atom is -0.478 e. The Kier molecular flexibility index (Phi) is 4.96. The maximum absolute atomic E-state index is 11.8.